The molecule has 0 saturated heterocycles. The second-order valence-electron chi connectivity index (χ2n) is 4.30. The van der Waals surface area contributed by atoms with Gasteiger partial charge in [-0.3, -0.25) is 0 Å². The Balaban J connectivity index is 2.58. The van der Waals surface area contributed by atoms with Crippen LogP contribution in [0.4, 0.5) is 26.3 Å². The van der Waals surface area contributed by atoms with Gasteiger partial charge in [-0.25, -0.2) is 13.2 Å². The molecule has 1 nitrogen and oxygen atoms in total. The van der Waals surface area contributed by atoms with E-state index in [9.17, 15) is 31.4 Å². The molecule has 1 atom stereocenters. The molecule has 0 bridgehead atoms. The molecular weight excluding hydrogens is 298 g/mol. The number of hydrogen-bond donors (Lipinski definition) is 1. The fraction of sp³-hybridized carbons (Fsp3) is 0.143. The molecule has 2 aromatic carbocycles. The van der Waals surface area contributed by atoms with E-state index in [0.717, 1.165) is 6.07 Å². The SMILES string of the molecule is OC(c1cc(F)ccc1F)c1ccc(F)cc1C(F)(F)F. The van der Waals surface area contributed by atoms with Crippen molar-refractivity contribution in [3.05, 3.63) is 70.5 Å². The molecule has 0 aliphatic rings. The number of rotatable bonds is 2. The number of hydrogen-bond acceptors (Lipinski definition) is 1. The van der Waals surface area contributed by atoms with E-state index in [-0.39, 0.29) is 6.07 Å². The Kier molecular flexibility index (Phi) is 3.95. The number of aliphatic hydroxyl groups excluding tert-OH is 1. The first-order chi connectivity index (χ1) is 9.70. The fourth-order valence-corrected chi connectivity index (χ4v) is 1.90. The quantitative estimate of drug-likeness (QED) is 0.824. The fourth-order valence-electron chi connectivity index (χ4n) is 1.90. The molecule has 7 heteroatoms. The van der Waals surface area contributed by atoms with Crippen LogP contribution in [0.1, 0.15) is 22.8 Å². The van der Waals surface area contributed by atoms with Crippen LogP contribution in [0.3, 0.4) is 0 Å². The van der Waals surface area contributed by atoms with Crippen molar-refractivity contribution < 1.29 is 31.4 Å². The first-order valence-electron chi connectivity index (χ1n) is 5.70. The summed E-state index contributed by atoms with van der Waals surface area (Å²) in [6.07, 6.45) is -7.01. The molecule has 0 amide bonds. The third-order valence-corrected chi connectivity index (χ3v) is 2.87. The van der Waals surface area contributed by atoms with Crippen molar-refractivity contribution in [2.45, 2.75) is 12.3 Å². The van der Waals surface area contributed by atoms with E-state index in [1.807, 2.05) is 0 Å². The summed E-state index contributed by atoms with van der Waals surface area (Å²) < 4.78 is 78.1. The molecule has 1 N–H and O–H groups in total. The van der Waals surface area contributed by atoms with Crippen molar-refractivity contribution in [1.29, 1.82) is 0 Å². The van der Waals surface area contributed by atoms with Gasteiger partial charge in [-0.2, -0.15) is 13.2 Å². The molecule has 2 aromatic rings. The van der Waals surface area contributed by atoms with Crippen LogP contribution in [0.25, 0.3) is 0 Å². The smallest absolute Gasteiger partial charge is 0.384 e. The summed E-state index contributed by atoms with van der Waals surface area (Å²) in [7, 11) is 0. The summed E-state index contributed by atoms with van der Waals surface area (Å²) in [6, 6.07) is 3.61. The van der Waals surface area contributed by atoms with Gasteiger partial charge in [0.15, 0.2) is 0 Å². The van der Waals surface area contributed by atoms with E-state index < -0.39 is 46.4 Å². The maximum Gasteiger partial charge on any atom is 0.416 e. The van der Waals surface area contributed by atoms with E-state index in [2.05, 4.69) is 0 Å². The highest BCUT2D eigenvalue weighted by molar-refractivity contribution is 5.38. The molecule has 2 rings (SSSR count). The molecule has 112 valence electrons. The lowest BCUT2D eigenvalue weighted by atomic mass is 9.96. The Hall–Kier alpha value is -2.02. The molecule has 0 aliphatic carbocycles. The van der Waals surface area contributed by atoms with Crippen LogP contribution in [0.2, 0.25) is 0 Å². The molecule has 0 radical (unpaired) electrons. The van der Waals surface area contributed by atoms with E-state index >= 15 is 0 Å². The van der Waals surface area contributed by atoms with Gasteiger partial charge in [0.25, 0.3) is 0 Å². The summed E-state index contributed by atoms with van der Waals surface area (Å²) in [5.74, 6) is -3.14. The van der Waals surface area contributed by atoms with Gasteiger partial charge in [0.05, 0.1) is 5.56 Å². The lowest BCUT2D eigenvalue weighted by Gasteiger charge is -2.18. The first kappa shape index (κ1) is 15.4. The predicted molar refractivity (Wildman–Crippen MR) is 61.8 cm³/mol. The number of alkyl halides is 3. The van der Waals surface area contributed by atoms with Gasteiger partial charge in [-0.1, -0.05) is 6.07 Å². The zero-order valence-electron chi connectivity index (χ0n) is 10.3. The van der Waals surface area contributed by atoms with Crippen LogP contribution in [-0.4, -0.2) is 5.11 Å². The van der Waals surface area contributed by atoms with Crippen molar-refractivity contribution in [3.63, 3.8) is 0 Å². The average Bonchev–Trinajstić information content (AvgIpc) is 2.40. The molecule has 1 unspecified atom stereocenters. The largest absolute Gasteiger partial charge is 0.416 e. The molecule has 21 heavy (non-hydrogen) atoms. The van der Waals surface area contributed by atoms with Crippen molar-refractivity contribution >= 4 is 0 Å². The van der Waals surface area contributed by atoms with Gasteiger partial charge in [0.1, 0.15) is 23.6 Å². The minimum Gasteiger partial charge on any atom is -0.384 e. The zero-order chi connectivity index (χ0) is 15.8. The molecule has 0 aromatic heterocycles. The first-order valence-corrected chi connectivity index (χ1v) is 5.70. The third-order valence-electron chi connectivity index (χ3n) is 2.87. The summed E-state index contributed by atoms with van der Waals surface area (Å²) in [5, 5.41) is 9.90. The van der Waals surface area contributed by atoms with Gasteiger partial charge < -0.3 is 5.11 Å². The highest BCUT2D eigenvalue weighted by Gasteiger charge is 2.36. The molecule has 0 heterocycles. The number of aliphatic hydroxyl groups is 1. The number of halogens is 6. The second-order valence-corrected chi connectivity index (χ2v) is 4.30. The van der Waals surface area contributed by atoms with Crippen LogP contribution in [0.15, 0.2) is 36.4 Å². The summed E-state index contributed by atoms with van der Waals surface area (Å²) in [4.78, 5) is 0. The van der Waals surface area contributed by atoms with E-state index in [4.69, 9.17) is 0 Å². The highest BCUT2D eigenvalue weighted by atomic mass is 19.4. The van der Waals surface area contributed by atoms with Crippen LogP contribution in [0, 0.1) is 17.5 Å². The van der Waals surface area contributed by atoms with Gasteiger partial charge in [-0.15, -0.1) is 0 Å². The average molecular weight is 306 g/mol. The van der Waals surface area contributed by atoms with Crippen molar-refractivity contribution in [2.75, 3.05) is 0 Å². The van der Waals surface area contributed by atoms with E-state index in [1.54, 1.807) is 0 Å². The van der Waals surface area contributed by atoms with Gasteiger partial charge >= 0.3 is 6.18 Å². The Morgan fingerprint density at radius 3 is 2.00 bits per heavy atom. The summed E-state index contributed by atoms with van der Waals surface area (Å²) in [5.41, 5.74) is -2.86. The highest BCUT2D eigenvalue weighted by Crippen LogP contribution is 2.37. The topological polar surface area (TPSA) is 20.2 Å². The maximum atomic E-state index is 13.5. The minimum absolute atomic E-state index is 0.190. The maximum absolute atomic E-state index is 13.5. The predicted octanol–water partition coefficient (Wildman–Crippen LogP) is 4.20. The third kappa shape index (κ3) is 3.18. The van der Waals surface area contributed by atoms with E-state index in [0.29, 0.717) is 24.3 Å². The second kappa shape index (κ2) is 5.40. The summed E-state index contributed by atoms with van der Waals surface area (Å²) >= 11 is 0. The molecule has 0 saturated carbocycles. The van der Waals surface area contributed by atoms with Gasteiger partial charge in [-0.05, 0) is 35.9 Å². The van der Waals surface area contributed by atoms with Gasteiger partial charge in [0.2, 0.25) is 0 Å². The van der Waals surface area contributed by atoms with Crippen molar-refractivity contribution in [1.82, 2.24) is 0 Å². The Morgan fingerprint density at radius 1 is 0.810 bits per heavy atom. The Labute approximate surface area is 115 Å². The monoisotopic (exact) mass is 306 g/mol. The van der Waals surface area contributed by atoms with Crippen LogP contribution < -0.4 is 0 Å². The summed E-state index contributed by atoms with van der Waals surface area (Å²) in [6.45, 7) is 0. The van der Waals surface area contributed by atoms with Crippen LogP contribution in [0.5, 0.6) is 0 Å². The lowest BCUT2D eigenvalue weighted by molar-refractivity contribution is -0.139. The van der Waals surface area contributed by atoms with Crippen molar-refractivity contribution in [3.8, 4) is 0 Å². The van der Waals surface area contributed by atoms with Crippen LogP contribution >= 0.6 is 0 Å². The molecule has 0 spiro atoms. The van der Waals surface area contributed by atoms with Crippen molar-refractivity contribution in [2.24, 2.45) is 0 Å². The Morgan fingerprint density at radius 2 is 1.38 bits per heavy atom. The zero-order valence-corrected chi connectivity index (χ0v) is 10.3. The lowest BCUT2D eigenvalue weighted by Crippen LogP contribution is -2.14. The Bertz CT molecular complexity index is 665. The number of benzene rings is 2. The molecular formula is C14H8F6O. The normalized spacial score (nSPS) is 13.3. The molecule has 0 aliphatic heterocycles. The van der Waals surface area contributed by atoms with E-state index in [1.165, 1.54) is 0 Å². The standard InChI is InChI=1S/C14H8F6O/c15-7-2-4-12(17)10(5-7)13(21)9-3-1-8(16)6-11(9)14(18,19)20/h1-6,13,21H. The minimum atomic E-state index is -4.94. The molecule has 0 fully saturated rings. The van der Waals surface area contributed by atoms with Crippen LogP contribution in [-0.2, 0) is 6.18 Å². The van der Waals surface area contributed by atoms with Gasteiger partial charge in [0, 0.05) is 5.56 Å².